The van der Waals surface area contributed by atoms with E-state index in [2.05, 4.69) is 0 Å². The average Bonchev–Trinajstić information content (AvgIpc) is 3.00. The van der Waals surface area contributed by atoms with Gasteiger partial charge in [0, 0.05) is 6.07 Å². The molecule has 1 heterocycles. The number of sulfone groups is 1. The first kappa shape index (κ1) is 15.4. The van der Waals surface area contributed by atoms with Crippen molar-refractivity contribution in [2.75, 3.05) is 6.79 Å². The zero-order valence-electron chi connectivity index (χ0n) is 11.7. The number of rotatable bonds is 3. The summed E-state index contributed by atoms with van der Waals surface area (Å²) < 4.78 is 35.5. The monoisotopic (exact) mass is 347 g/mol. The molecule has 0 spiro atoms. The molecule has 0 atom stereocenters. The van der Waals surface area contributed by atoms with Crippen LogP contribution in [0.1, 0.15) is 5.56 Å². The fourth-order valence-corrected chi connectivity index (χ4v) is 3.46. The second kappa shape index (κ2) is 5.95. The molecule has 2 aromatic carbocycles. The highest BCUT2D eigenvalue weighted by Crippen LogP contribution is 2.38. The van der Waals surface area contributed by atoms with Crippen molar-refractivity contribution < 1.29 is 17.9 Å². The first-order valence-corrected chi connectivity index (χ1v) is 8.39. The molecule has 1 aliphatic heterocycles. The van der Waals surface area contributed by atoms with Crippen LogP contribution in [0.2, 0.25) is 5.02 Å². The molecule has 3 rings (SSSR count). The van der Waals surface area contributed by atoms with Crippen LogP contribution in [0.3, 0.4) is 0 Å². The number of nitrogens with zero attached hydrogens (tertiary/aromatic N) is 1. The minimum atomic E-state index is -3.91. The molecule has 0 unspecified atom stereocenters. The quantitative estimate of drug-likeness (QED) is 0.795. The average molecular weight is 348 g/mol. The van der Waals surface area contributed by atoms with Crippen LogP contribution in [-0.2, 0) is 9.84 Å². The third-order valence-corrected chi connectivity index (χ3v) is 5.24. The van der Waals surface area contributed by atoms with Crippen LogP contribution in [0.4, 0.5) is 0 Å². The third kappa shape index (κ3) is 2.89. The summed E-state index contributed by atoms with van der Waals surface area (Å²) in [6, 6.07) is 12.5. The van der Waals surface area contributed by atoms with Gasteiger partial charge in [-0.05, 0) is 29.8 Å². The van der Waals surface area contributed by atoms with Gasteiger partial charge in [0.15, 0.2) is 11.5 Å². The Labute approximate surface area is 138 Å². The van der Waals surface area contributed by atoms with E-state index in [0.29, 0.717) is 17.1 Å². The Hall–Kier alpha value is -2.49. The van der Waals surface area contributed by atoms with Gasteiger partial charge < -0.3 is 9.47 Å². The van der Waals surface area contributed by atoms with Crippen LogP contribution >= 0.6 is 11.6 Å². The molecule has 5 nitrogen and oxygen atoms in total. The summed E-state index contributed by atoms with van der Waals surface area (Å²) in [5.74, 6) is 0.937. The Kier molecular flexibility index (Phi) is 3.99. The lowest BCUT2D eigenvalue weighted by molar-refractivity contribution is 0.174. The summed E-state index contributed by atoms with van der Waals surface area (Å²) in [6.07, 6.45) is 1.23. The van der Waals surface area contributed by atoms with E-state index in [1.807, 2.05) is 0 Å². The molecule has 0 N–H and O–H groups in total. The van der Waals surface area contributed by atoms with Crippen LogP contribution in [0.5, 0.6) is 11.5 Å². The maximum Gasteiger partial charge on any atom is 0.231 e. The third-order valence-electron chi connectivity index (χ3n) is 3.23. The van der Waals surface area contributed by atoms with Crippen molar-refractivity contribution in [2.45, 2.75) is 4.90 Å². The van der Waals surface area contributed by atoms with E-state index in [0.717, 1.165) is 0 Å². The molecule has 116 valence electrons. The van der Waals surface area contributed by atoms with Gasteiger partial charge in [0.1, 0.15) is 11.0 Å². The standard InChI is InChI=1S/C16H10ClNO4S/c17-14-8-16-15(21-10-22-16)7-11(14)6-13(9-18)23(19,20)12-4-2-1-3-5-12/h1-8H,10H2/b13-6+. The van der Waals surface area contributed by atoms with Gasteiger partial charge in [-0.3, -0.25) is 0 Å². The maximum atomic E-state index is 12.5. The predicted molar refractivity (Wildman–Crippen MR) is 84.8 cm³/mol. The van der Waals surface area contributed by atoms with Gasteiger partial charge in [0.2, 0.25) is 16.6 Å². The molecule has 0 aromatic heterocycles. The summed E-state index contributed by atoms with van der Waals surface area (Å²) in [7, 11) is -3.91. The summed E-state index contributed by atoms with van der Waals surface area (Å²) in [5, 5.41) is 9.54. The van der Waals surface area contributed by atoms with Crippen molar-refractivity contribution in [3.05, 3.63) is 58.0 Å². The number of nitriles is 1. The van der Waals surface area contributed by atoms with Crippen molar-refractivity contribution in [1.29, 1.82) is 5.26 Å². The lowest BCUT2D eigenvalue weighted by Gasteiger charge is -2.05. The molecule has 0 radical (unpaired) electrons. The second-order valence-electron chi connectivity index (χ2n) is 4.66. The molecular formula is C16H10ClNO4S. The number of hydrogen-bond donors (Lipinski definition) is 0. The summed E-state index contributed by atoms with van der Waals surface area (Å²) in [6.45, 7) is 0.0756. The first-order chi connectivity index (χ1) is 11.0. The van der Waals surface area contributed by atoms with Gasteiger partial charge in [0.25, 0.3) is 0 Å². The number of fused-ring (bicyclic) bond motifs is 1. The smallest absolute Gasteiger partial charge is 0.231 e. The molecule has 1 aliphatic rings. The molecule has 0 aliphatic carbocycles. The molecule has 0 bridgehead atoms. The highest BCUT2D eigenvalue weighted by atomic mass is 35.5. The van der Waals surface area contributed by atoms with E-state index in [1.54, 1.807) is 30.3 Å². The first-order valence-electron chi connectivity index (χ1n) is 6.53. The van der Waals surface area contributed by atoms with E-state index in [9.17, 15) is 13.7 Å². The van der Waals surface area contributed by atoms with Gasteiger partial charge in [-0.1, -0.05) is 29.8 Å². The SMILES string of the molecule is N#C/C(=C\c1cc2c(cc1Cl)OCO2)S(=O)(=O)c1ccccc1. The topological polar surface area (TPSA) is 76.4 Å². The van der Waals surface area contributed by atoms with Gasteiger partial charge in [-0.2, -0.15) is 5.26 Å². The van der Waals surface area contributed by atoms with Crippen LogP contribution in [0, 0.1) is 11.3 Å². The van der Waals surface area contributed by atoms with E-state index in [1.165, 1.54) is 24.3 Å². The maximum absolute atomic E-state index is 12.5. The summed E-state index contributed by atoms with van der Waals surface area (Å²) >= 11 is 6.12. The molecule has 2 aromatic rings. The largest absolute Gasteiger partial charge is 0.454 e. The number of hydrogen-bond acceptors (Lipinski definition) is 5. The molecular weight excluding hydrogens is 338 g/mol. The molecule has 7 heteroatoms. The molecule has 0 fully saturated rings. The summed E-state index contributed by atoms with van der Waals surface area (Å²) in [5.41, 5.74) is 0.368. The number of halogens is 1. The van der Waals surface area contributed by atoms with Crippen molar-refractivity contribution >= 4 is 27.5 Å². The number of benzene rings is 2. The van der Waals surface area contributed by atoms with E-state index < -0.39 is 14.7 Å². The Morgan fingerprint density at radius 2 is 1.83 bits per heavy atom. The molecule has 0 saturated heterocycles. The molecule has 0 amide bonds. The van der Waals surface area contributed by atoms with Crippen molar-refractivity contribution in [3.63, 3.8) is 0 Å². The fraction of sp³-hybridized carbons (Fsp3) is 0.0625. The Morgan fingerprint density at radius 1 is 1.17 bits per heavy atom. The zero-order chi connectivity index (χ0) is 16.4. The Morgan fingerprint density at radius 3 is 2.48 bits per heavy atom. The van der Waals surface area contributed by atoms with E-state index >= 15 is 0 Å². The summed E-state index contributed by atoms with van der Waals surface area (Å²) in [4.78, 5) is -0.353. The van der Waals surface area contributed by atoms with Crippen molar-refractivity contribution in [1.82, 2.24) is 0 Å². The second-order valence-corrected chi connectivity index (χ2v) is 6.99. The fourth-order valence-electron chi connectivity index (χ4n) is 2.08. The van der Waals surface area contributed by atoms with Gasteiger partial charge in [-0.15, -0.1) is 0 Å². The zero-order valence-corrected chi connectivity index (χ0v) is 13.3. The van der Waals surface area contributed by atoms with Crippen LogP contribution < -0.4 is 9.47 Å². The highest BCUT2D eigenvalue weighted by molar-refractivity contribution is 7.95. The normalized spacial score (nSPS) is 13.7. The Balaban J connectivity index is 2.09. The molecule has 0 saturated carbocycles. The van der Waals surface area contributed by atoms with Crippen LogP contribution in [0.15, 0.2) is 52.3 Å². The number of ether oxygens (including phenoxy) is 2. The van der Waals surface area contributed by atoms with Crippen molar-refractivity contribution in [3.8, 4) is 17.6 Å². The minimum absolute atomic E-state index is 0.0460. The van der Waals surface area contributed by atoms with Gasteiger partial charge in [-0.25, -0.2) is 8.42 Å². The van der Waals surface area contributed by atoms with Gasteiger partial charge in [0.05, 0.1) is 9.92 Å². The van der Waals surface area contributed by atoms with Gasteiger partial charge >= 0.3 is 0 Å². The lowest BCUT2D eigenvalue weighted by Crippen LogP contribution is -2.03. The van der Waals surface area contributed by atoms with Crippen LogP contribution in [0.25, 0.3) is 6.08 Å². The Bertz CT molecular complexity index is 931. The van der Waals surface area contributed by atoms with E-state index in [-0.39, 0.29) is 16.7 Å². The highest BCUT2D eigenvalue weighted by Gasteiger charge is 2.22. The minimum Gasteiger partial charge on any atom is -0.454 e. The number of allylic oxidation sites excluding steroid dienone is 1. The predicted octanol–water partition coefficient (Wildman–Crippen LogP) is 3.41. The van der Waals surface area contributed by atoms with Crippen LogP contribution in [-0.4, -0.2) is 15.2 Å². The van der Waals surface area contributed by atoms with E-state index in [4.69, 9.17) is 21.1 Å². The van der Waals surface area contributed by atoms with Crippen molar-refractivity contribution in [2.24, 2.45) is 0 Å². The molecule has 23 heavy (non-hydrogen) atoms. The lowest BCUT2D eigenvalue weighted by atomic mass is 10.2.